The highest BCUT2D eigenvalue weighted by atomic mass is 16.5. The van der Waals surface area contributed by atoms with E-state index in [9.17, 15) is 5.21 Å². The number of hydrogen-bond acceptors (Lipinski definition) is 2. The number of hydrogen-bond donors (Lipinski definition) is 0. The summed E-state index contributed by atoms with van der Waals surface area (Å²) in [5, 5.41) is 14.5. The summed E-state index contributed by atoms with van der Waals surface area (Å²) in [5.41, 5.74) is -0.463. The normalized spacial score (nSPS) is 38.1. The van der Waals surface area contributed by atoms with Gasteiger partial charge in [0.15, 0.2) is 0 Å². The number of nitrogens with zero attached hydrogens (tertiary/aromatic N) is 2. The van der Waals surface area contributed by atoms with Crippen LogP contribution in [0.1, 0.15) is 80.6 Å². The Morgan fingerprint density at radius 2 is 1.57 bits per heavy atom. The predicted octanol–water partition coefficient (Wildman–Crippen LogP) is 4.50. The van der Waals surface area contributed by atoms with Crippen molar-refractivity contribution < 1.29 is 5.21 Å². The van der Waals surface area contributed by atoms with Crippen LogP contribution in [0.25, 0.3) is 0 Å². The van der Waals surface area contributed by atoms with Crippen molar-refractivity contribution in [1.29, 1.82) is 0 Å². The Hall–Kier alpha value is -0.120. The maximum Gasteiger partial charge on any atom is 0.0509 e. The Balaban J connectivity index is 3.13. The third kappa shape index (κ3) is 3.46. The van der Waals surface area contributed by atoms with Crippen LogP contribution < -0.4 is 0 Å². The molecule has 0 aromatic carbocycles. The summed E-state index contributed by atoms with van der Waals surface area (Å²) in [7, 11) is 0. The Morgan fingerprint density at radius 1 is 1.05 bits per heavy atom. The topological polar surface area (TPSA) is 26.4 Å². The first kappa shape index (κ1) is 18.9. The first-order valence-electron chi connectivity index (χ1n) is 9.02. The van der Waals surface area contributed by atoms with E-state index in [1.807, 2.05) is 0 Å². The van der Waals surface area contributed by atoms with Crippen LogP contribution in [0.5, 0.6) is 0 Å². The molecule has 1 aliphatic heterocycles. The molecular formula is C18H37N2O. The summed E-state index contributed by atoms with van der Waals surface area (Å²) in [6, 6.07) is 0.532. The molecule has 0 N–H and O–H groups in total. The van der Waals surface area contributed by atoms with E-state index in [4.69, 9.17) is 0 Å². The third-order valence-electron chi connectivity index (χ3n) is 6.13. The third-order valence-corrected chi connectivity index (χ3v) is 6.13. The molecule has 0 amide bonds. The van der Waals surface area contributed by atoms with Gasteiger partial charge in [-0.3, -0.25) is 4.90 Å². The Bertz CT molecular complexity index is 316. The number of rotatable bonds is 7. The Labute approximate surface area is 132 Å². The minimum absolute atomic E-state index is 0.221. The largest absolute Gasteiger partial charge is 0.300 e. The molecule has 1 fully saturated rings. The van der Waals surface area contributed by atoms with Crippen molar-refractivity contribution in [2.45, 2.75) is 97.7 Å². The first-order valence-corrected chi connectivity index (χ1v) is 9.02. The van der Waals surface area contributed by atoms with Gasteiger partial charge in [0.2, 0.25) is 0 Å². The Kier molecular flexibility index (Phi) is 6.70. The molecule has 4 unspecified atom stereocenters. The zero-order valence-electron chi connectivity index (χ0n) is 15.4. The van der Waals surface area contributed by atoms with E-state index in [1.165, 1.54) is 17.9 Å². The van der Waals surface area contributed by atoms with Crippen LogP contribution in [0, 0.1) is 5.92 Å². The molecule has 1 saturated heterocycles. The van der Waals surface area contributed by atoms with Crippen molar-refractivity contribution in [3.63, 3.8) is 0 Å². The van der Waals surface area contributed by atoms with E-state index in [0.29, 0.717) is 12.0 Å². The molecule has 1 rings (SSSR count). The molecule has 0 spiro atoms. The first-order chi connectivity index (χ1) is 9.80. The van der Waals surface area contributed by atoms with E-state index in [1.54, 1.807) is 0 Å². The van der Waals surface area contributed by atoms with Gasteiger partial charge >= 0.3 is 0 Å². The van der Waals surface area contributed by atoms with E-state index < -0.39 is 0 Å². The van der Waals surface area contributed by atoms with Crippen LogP contribution in [-0.2, 0) is 5.21 Å². The standard InChI is InChI=1S/C18H37N2O/c1-8-12-19(13-9-2)16-14-17(6,10-3)20(21)18(7,11-4)15(16)5/h15-16H,8-14H2,1-7H3. The van der Waals surface area contributed by atoms with Crippen molar-refractivity contribution in [2.24, 2.45) is 5.92 Å². The average Bonchev–Trinajstić information content (AvgIpc) is 2.49. The van der Waals surface area contributed by atoms with Gasteiger partial charge in [-0.15, -0.1) is 10.3 Å². The molecule has 0 aromatic heterocycles. The molecule has 0 aliphatic carbocycles. The molecule has 0 saturated carbocycles. The maximum absolute atomic E-state index is 13.0. The summed E-state index contributed by atoms with van der Waals surface area (Å²) >= 11 is 0. The molecule has 3 heteroatoms. The fourth-order valence-electron chi connectivity index (χ4n) is 4.14. The molecule has 4 atom stereocenters. The van der Waals surface area contributed by atoms with Gasteiger partial charge in [-0.2, -0.15) is 0 Å². The minimum atomic E-state index is -0.243. The van der Waals surface area contributed by atoms with Crippen molar-refractivity contribution >= 4 is 0 Å². The monoisotopic (exact) mass is 297 g/mol. The molecule has 1 radical (unpaired) electrons. The van der Waals surface area contributed by atoms with E-state index in [0.717, 1.165) is 32.4 Å². The van der Waals surface area contributed by atoms with Crippen molar-refractivity contribution in [3.05, 3.63) is 0 Å². The van der Waals surface area contributed by atoms with Gasteiger partial charge in [0.1, 0.15) is 0 Å². The van der Waals surface area contributed by atoms with Crippen molar-refractivity contribution in [1.82, 2.24) is 9.96 Å². The van der Waals surface area contributed by atoms with Crippen LogP contribution >= 0.6 is 0 Å². The predicted molar refractivity (Wildman–Crippen MR) is 89.6 cm³/mol. The lowest BCUT2D eigenvalue weighted by Gasteiger charge is -2.58. The molecule has 125 valence electrons. The molecule has 1 aliphatic rings. The van der Waals surface area contributed by atoms with Gasteiger partial charge in [-0.1, -0.05) is 34.6 Å². The lowest BCUT2D eigenvalue weighted by atomic mass is 9.68. The van der Waals surface area contributed by atoms with Crippen molar-refractivity contribution in [2.75, 3.05) is 13.1 Å². The minimum Gasteiger partial charge on any atom is -0.300 e. The van der Waals surface area contributed by atoms with Crippen LogP contribution in [-0.4, -0.2) is 40.2 Å². The van der Waals surface area contributed by atoms with Gasteiger partial charge in [-0.05, 0) is 65.0 Å². The lowest BCUT2D eigenvalue weighted by molar-refractivity contribution is -0.319. The smallest absolute Gasteiger partial charge is 0.0509 e. The quantitative estimate of drug-likeness (QED) is 0.691. The zero-order chi connectivity index (χ0) is 16.3. The maximum atomic E-state index is 13.0. The van der Waals surface area contributed by atoms with Gasteiger partial charge in [-0.25, -0.2) is 0 Å². The average molecular weight is 298 g/mol. The second-order valence-corrected chi connectivity index (χ2v) is 7.45. The van der Waals surface area contributed by atoms with E-state index in [2.05, 4.69) is 53.4 Å². The van der Waals surface area contributed by atoms with Gasteiger partial charge in [0.05, 0.1) is 5.54 Å². The molecule has 0 aromatic rings. The van der Waals surface area contributed by atoms with Gasteiger partial charge in [0, 0.05) is 11.6 Å². The van der Waals surface area contributed by atoms with Crippen LogP contribution in [0.3, 0.4) is 0 Å². The van der Waals surface area contributed by atoms with Crippen molar-refractivity contribution in [3.8, 4) is 0 Å². The molecule has 3 nitrogen and oxygen atoms in total. The summed E-state index contributed by atoms with van der Waals surface area (Å²) in [6.45, 7) is 17.8. The lowest BCUT2D eigenvalue weighted by Crippen LogP contribution is -2.68. The zero-order valence-corrected chi connectivity index (χ0v) is 15.4. The highest BCUT2D eigenvalue weighted by molar-refractivity contribution is 5.05. The Morgan fingerprint density at radius 3 is 1.95 bits per heavy atom. The second kappa shape index (κ2) is 7.43. The fraction of sp³-hybridized carbons (Fsp3) is 1.00. The number of hydroxylamine groups is 2. The van der Waals surface area contributed by atoms with Gasteiger partial charge in [0.25, 0.3) is 0 Å². The van der Waals surface area contributed by atoms with E-state index in [-0.39, 0.29) is 11.1 Å². The second-order valence-electron chi connectivity index (χ2n) is 7.45. The molecule has 0 bridgehead atoms. The summed E-state index contributed by atoms with van der Waals surface area (Å²) < 4.78 is 0. The summed E-state index contributed by atoms with van der Waals surface area (Å²) in [6.07, 6.45) is 5.24. The van der Waals surface area contributed by atoms with Crippen LogP contribution in [0.4, 0.5) is 0 Å². The highest BCUT2D eigenvalue weighted by Crippen LogP contribution is 2.46. The SMILES string of the molecule is CCCN(CCC)C1CC(C)(CC)N([O])C(C)(CC)C1C. The number of piperidine rings is 1. The van der Waals surface area contributed by atoms with Crippen LogP contribution in [0.2, 0.25) is 0 Å². The van der Waals surface area contributed by atoms with E-state index >= 15 is 0 Å². The highest BCUT2D eigenvalue weighted by Gasteiger charge is 2.54. The van der Waals surface area contributed by atoms with Gasteiger partial charge < -0.3 is 0 Å². The van der Waals surface area contributed by atoms with Crippen LogP contribution in [0.15, 0.2) is 0 Å². The molecular weight excluding hydrogens is 260 g/mol. The summed E-state index contributed by atoms with van der Waals surface area (Å²) in [5.74, 6) is 0.415. The molecule has 1 heterocycles. The fourth-order valence-corrected chi connectivity index (χ4v) is 4.14. The molecule has 21 heavy (non-hydrogen) atoms. The summed E-state index contributed by atoms with van der Waals surface area (Å²) in [4.78, 5) is 2.65.